The number of H-pyrrole nitrogens is 6. The van der Waals surface area contributed by atoms with Gasteiger partial charge in [0.2, 0.25) is 0 Å². The van der Waals surface area contributed by atoms with Crippen LogP contribution in [0.15, 0.2) is 92.8 Å². The summed E-state index contributed by atoms with van der Waals surface area (Å²) in [5.41, 5.74) is 5.86. The summed E-state index contributed by atoms with van der Waals surface area (Å²) in [5, 5.41) is 0. The van der Waals surface area contributed by atoms with Crippen molar-refractivity contribution in [1.29, 1.82) is 0 Å². The molecule has 0 saturated carbocycles. The molecule has 0 aliphatic carbocycles. The minimum Gasteiger partial charge on any atom is -0.416 e. The Bertz CT molecular complexity index is 4080. The van der Waals surface area contributed by atoms with Gasteiger partial charge in [0, 0.05) is 22.2 Å². The molecule has 6 N–H and O–H groups in total. The molecule has 0 saturated heterocycles. The van der Waals surface area contributed by atoms with Crippen molar-refractivity contribution >= 4 is 0 Å². The topological polar surface area (TPSA) is 276 Å². The van der Waals surface area contributed by atoms with Crippen LogP contribution >= 0.6 is 0 Å². The van der Waals surface area contributed by atoms with Gasteiger partial charge in [0.25, 0.3) is 0 Å². The normalized spacial score (nSPS) is 12.4. The number of rotatable bonds is 100. The van der Waals surface area contributed by atoms with Crippen molar-refractivity contribution < 1.29 is 26.5 Å². The van der Waals surface area contributed by atoms with Gasteiger partial charge in [-0.2, -0.15) is 0 Å². The number of aromatic amines is 6. The average Bonchev–Trinajstić information content (AvgIpc) is 1.66. The van der Waals surface area contributed by atoms with E-state index in [-0.39, 0.29) is 50.8 Å². The van der Waals surface area contributed by atoms with Crippen molar-refractivity contribution in [1.82, 2.24) is 29.9 Å². The Hall–Kier alpha value is -5.94. The number of unbranched alkanes of at least 4 members (excludes halogenated alkanes) is 79. The fourth-order valence-electron chi connectivity index (χ4n) is 21.7. The highest BCUT2D eigenvalue weighted by molar-refractivity contribution is 5.12. The summed E-state index contributed by atoms with van der Waals surface area (Å²) in [4.78, 5) is 83.4. The lowest BCUT2D eigenvalue weighted by Gasteiger charge is -2.30. The van der Waals surface area contributed by atoms with Crippen molar-refractivity contribution in [2.75, 3.05) is 0 Å². The van der Waals surface area contributed by atoms with Crippen LogP contribution in [-0.2, 0) is 22.7 Å². The van der Waals surface area contributed by atoms with Crippen LogP contribution in [0.25, 0.3) is 0 Å². The first-order valence-electron chi connectivity index (χ1n) is 65.3. The second kappa shape index (κ2) is 103. The summed E-state index contributed by atoms with van der Waals surface area (Å²) in [6, 6.07) is 0. The molecular formula is C132H246N6O12. The second-order valence-corrected chi connectivity index (χ2v) is 46.9. The standard InChI is InChI=1S/C24H45NO2.C23H43NO2.2C22H41NO2.C21H39NO2.C20H37NO2/c1-4-7-8-9-10-11-12-13-14-15-16-17-18-19-20-24(5-2,6-3)22-21-27-23(26)25-22;1-4-6-7-8-9-10-11-12-13-14-15-16-17-18-19-23(3,5-2)21-20-26-22(25)24-21;1-4-5-6-7-8-9-10-11-12-13-14-15-16-17-18-22(2,3)20-19-25-21(24)23-20;1-3-5-6-7-8-9-10-11-12-13-14-15-16-17-18-20(4-2)21-19-25-22(24)23-21;1-3-4-5-6-7-8-9-10-11-12-13-14-15-16-17-19(2)20-18-24-21(23)22-20;1-2-3-4-5-6-7-8-9-10-11-12-13-14-15-16-17-19-18-23-20(22)21-19/h21H,4-20H2,1-3H3,(H,25,26);20H,4-19H2,1-3H3,(H,24,25);19H,4-18H2,1-3H3,(H,23,24);19-20H,3-18H2,1-2H3,(H,23,24);18-19H,3-17H2,1-2H3,(H,22,23);18H,2-17H2,1H3,(H,21,22). The maximum absolute atomic E-state index is 11.3. The Labute approximate surface area is 920 Å². The van der Waals surface area contributed by atoms with Gasteiger partial charge < -0.3 is 26.5 Å². The molecule has 3 atom stereocenters. The van der Waals surface area contributed by atoms with Crippen LogP contribution in [-0.4, -0.2) is 29.9 Å². The molecule has 0 spiro atoms. The molecule has 0 aliphatic rings. The fraction of sp³-hybridized carbons (Fsp3) is 0.864. The van der Waals surface area contributed by atoms with E-state index in [0.717, 1.165) is 105 Å². The van der Waals surface area contributed by atoms with Crippen LogP contribution in [0.4, 0.5) is 0 Å². The summed E-state index contributed by atoms with van der Waals surface area (Å²) in [6.07, 6.45) is 138. The summed E-state index contributed by atoms with van der Waals surface area (Å²) in [7, 11) is 0. The van der Waals surface area contributed by atoms with Gasteiger partial charge in [0.05, 0.1) is 34.2 Å². The number of oxazole rings is 6. The molecule has 18 nitrogen and oxygen atoms in total. The van der Waals surface area contributed by atoms with Gasteiger partial charge >= 0.3 is 34.5 Å². The molecule has 0 aromatic carbocycles. The van der Waals surface area contributed by atoms with E-state index in [2.05, 4.69) is 127 Å². The molecule has 0 radical (unpaired) electrons. The van der Waals surface area contributed by atoms with Gasteiger partial charge in [0.15, 0.2) is 0 Å². The highest BCUT2D eigenvalue weighted by atomic mass is 16.4. The number of aromatic nitrogens is 6. The predicted molar refractivity (Wildman–Crippen MR) is 644 cm³/mol. The quantitative estimate of drug-likeness (QED) is 0.0195. The minimum atomic E-state index is -0.343. The summed E-state index contributed by atoms with van der Waals surface area (Å²) < 4.78 is 29.2. The lowest BCUT2D eigenvalue weighted by atomic mass is 9.75. The third-order valence-electron chi connectivity index (χ3n) is 33.0. The first-order chi connectivity index (χ1) is 73.2. The van der Waals surface area contributed by atoms with E-state index in [0.29, 0.717) is 11.8 Å². The van der Waals surface area contributed by atoms with E-state index >= 15 is 0 Å². The number of aryl methyl sites for hydroxylation is 1. The summed E-state index contributed by atoms with van der Waals surface area (Å²) >= 11 is 0. The minimum absolute atomic E-state index is 0.00326. The van der Waals surface area contributed by atoms with Crippen molar-refractivity contribution in [3.8, 4) is 0 Å². The fourth-order valence-corrected chi connectivity index (χ4v) is 21.7. The molecule has 150 heavy (non-hydrogen) atoms. The molecule has 6 rings (SSSR count). The predicted octanol–water partition coefficient (Wildman–Crippen LogP) is 43.2. The lowest BCUT2D eigenvalue weighted by molar-refractivity contribution is 0.338. The molecule has 6 aromatic heterocycles. The first-order valence-corrected chi connectivity index (χ1v) is 65.3. The molecule has 876 valence electrons. The molecule has 18 heteroatoms. The monoisotopic (exact) mass is 2110 g/mol. The molecule has 0 aliphatic heterocycles. The van der Waals surface area contributed by atoms with Crippen molar-refractivity contribution in [3.63, 3.8) is 0 Å². The molecule has 3 unspecified atom stereocenters. The van der Waals surface area contributed by atoms with Crippen LogP contribution in [0.1, 0.15) is 746 Å². The molecule has 0 fully saturated rings. The lowest BCUT2D eigenvalue weighted by Crippen LogP contribution is -2.25. The third kappa shape index (κ3) is 82.5. The second-order valence-electron chi connectivity index (χ2n) is 46.9. The number of hydrogen-bond donors (Lipinski definition) is 6. The Balaban J connectivity index is 0.000000901. The number of hydrogen-bond acceptors (Lipinski definition) is 12. The summed E-state index contributed by atoms with van der Waals surface area (Å²) in [5.74, 6) is -1.15. The Kier molecular flexibility index (Phi) is 98.0. The van der Waals surface area contributed by atoms with Crippen LogP contribution in [0.2, 0.25) is 0 Å². The van der Waals surface area contributed by atoms with Crippen LogP contribution in [0.3, 0.4) is 0 Å². The van der Waals surface area contributed by atoms with Crippen molar-refractivity contribution in [2.45, 2.75) is 735 Å². The van der Waals surface area contributed by atoms with E-state index in [4.69, 9.17) is 26.5 Å². The van der Waals surface area contributed by atoms with Gasteiger partial charge in [-0.05, 0) is 76.5 Å². The molecular weight excluding hydrogens is 1860 g/mol. The maximum Gasteiger partial charge on any atom is 0.416 e. The molecule has 0 bridgehead atoms. The zero-order valence-electron chi connectivity index (χ0n) is 101. The smallest absolute Gasteiger partial charge is 0.416 e. The van der Waals surface area contributed by atoms with E-state index in [1.807, 2.05) is 0 Å². The largest absolute Gasteiger partial charge is 0.416 e. The van der Waals surface area contributed by atoms with Crippen LogP contribution in [0, 0.1) is 0 Å². The van der Waals surface area contributed by atoms with E-state index < -0.39 is 0 Å². The van der Waals surface area contributed by atoms with Gasteiger partial charge in [0.1, 0.15) is 37.6 Å². The van der Waals surface area contributed by atoms with Crippen LogP contribution in [0.5, 0.6) is 0 Å². The van der Waals surface area contributed by atoms with Gasteiger partial charge in [-0.15, -0.1) is 0 Å². The number of nitrogens with one attached hydrogen (secondary N) is 6. The maximum atomic E-state index is 11.3. The highest BCUT2D eigenvalue weighted by Crippen LogP contribution is 2.37. The van der Waals surface area contributed by atoms with Gasteiger partial charge in [-0.1, -0.05) is 636 Å². The third-order valence-corrected chi connectivity index (χ3v) is 33.0. The van der Waals surface area contributed by atoms with E-state index in [1.54, 1.807) is 37.6 Å². The van der Waals surface area contributed by atoms with Gasteiger partial charge in [-0.3, -0.25) is 29.9 Å². The Morgan fingerprint density at radius 1 is 0.213 bits per heavy atom. The summed E-state index contributed by atoms with van der Waals surface area (Å²) in [6.45, 7) is 31.2. The van der Waals surface area contributed by atoms with E-state index in [9.17, 15) is 28.8 Å². The highest BCUT2D eigenvalue weighted by Gasteiger charge is 2.31. The van der Waals surface area contributed by atoms with Gasteiger partial charge in [-0.25, -0.2) is 28.8 Å². The average molecular weight is 2110 g/mol. The molecule has 6 heterocycles. The first kappa shape index (κ1) is 142. The van der Waals surface area contributed by atoms with Crippen LogP contribution < -0.4 is 34.5 Å². The van der Waals surface area contributed by atoms with E-state index in [1.165, 1.54) is 539 Å². The zero-order chi connectivity index (χ0) is 109. The van der Waals surface area contributed by atoms with Crippen molar-refractivity contribution in [2.24, 2.45) is 0 Å². The van der Waals surface area contributed by atoms with Crippen molar-refractivity contribution in [3.05, 3.63) is 135 Å². The SMILES string of the molecule is CCCCCCCCCCCCCCCCC(C)(C)c1coc(=O)[nH]1.CCCCCCCCCCCCCCCCC(C)(CC)c1coc(=O)[nH]1.CCCCCCCCCCCCCCCCC(C)c1coc(=O)[nH]1.CCCCCCCCCCCCCCCCC(CC)(CC)c1coc(=O)[nH]1.CCCCCCCCCCCCCCCCC(CC)c1coc(=O)[nH]1.CCCCCCCCCCCCCCCCCc1coc(=O)[nH]1. The Morgan fingerprint density at radius 2 is 0.440 bits per heavy atom. The zero-order valence-corrected chi connectivity index (χ0v) is 101. The molecule has 6 aromatic rings. The Morgan fingerprint density at radius 3 is 0.693 bits per heavy atom. The molecule has 0 amide bonds.